The number of nitrogens with one attached hydrogen (secondary N) is 1. The number of hydrogen-bond acceptors (Lipinski definition) is 5. The van der Waals surface area contributed by atoms with Crippen LogP contribution in [0.15, 0.2) is 30.3 Å². The normalized spacial score (nSPS) is 15.5. The number of morpholine rings is 1. The Labute approximate surface area is 170 Å². The second kappa shape index (κ2) is 7.83. The number of aromatic nitrogens is 3. The number of hydrogen-bond donors (Lipinski definition) is 1. The molecule has 2 aromatic heterocycles. The van der Waals surface area contributed by atoms with E-state index in [1.807, 2.05) is 33.9 Å². The van der Waals surface area contributed by atoms with Crippen molar-refractivity contribution < 1.29 is 9.53 Å². The molecule has 1 aromatic carbocycles. The molecular formula is C22H27N5O2. The third-order valence-corrected chi connectivity index (χ3v) is 5.46. The van der Waals surface area contributed by atoms with E-state index in [0.29, 0.717) is 5.56 Å². The van der Waals surface area contributed by atoms with Crippen molar-refractivity contribution in [3.63, 3.8) is 0 Å². The molecule has 0 bridgehead atoms. The Hall–Kier alpha value is -2.93. The molecule has 0 saturated carbocycles. The van der Waals surface area contributed by atoms with E-state index in [0.717, 1.165) is 54.3 Å². The van der Waals surface area contributed by atoms with Crippen LogP contribution in [0.5, 0.6) is 0 Å². The van der Waals surface area contributed by atoms with Gasteiger partial charge in [0.25, 0.3) is 5.91 Å². The molecule has 4 rings (SSSR count). The maximum absolute atomic E-state index is 13.1. The molecule has 1 N–H and O–H groups in total. The first kappa shape index (κ1) is 19.4. The highest BCUT2D eigenvalue weighted by atomic mass is 16.5. The Morgan fingerprint density at radius 1 is 1.17 bits per heavy atom. The van der Waals surface area contributed by atoms with Gasteiger partial charge in [0.05, 0.1) is 35.9 Å². The van der Waals surface area contributed by atoms with E-state index in [4.69, 9.17) is 4.74 Å². The average Bonchev–Trinajstić information content (AvgIpc) is 3.01. The number of ether oxygens (including phenoxy) is 1. The number of pyridine rings is 1. The number of carbonyl (C=O) groups excluding carboxylic acids is 1. The summed E-state index contributed by atoms with van der Waals surface area (Å²) < 4.78 is 7.14. The lowest BCUT2D eigenvalue weighted by atomic mass is 10.1. The molecule has 1 saturated heterocycles. The number of fused-ring (bicyclic) bond motifs is 1. The first-order chi connectivity index (χ1) is 13.9. The van der Waals surface area contributed by atoms with Crippen molar-refractivity contribution in [1.29, 1.82) is 0 Å². The Kier molecular flexibility index (Phi) is 5.24. The topological polar surface area (TPSA) is 72.3 Å². The Balaban J connectivity index is 1.53. The van der Waals surface area contributed by atoms with Gasteiger partial charge in [-0.1, -0.05) is 12.1 Å². The van der Waals surface area contributed by atoms with E-state index in [-0.39, 0.29) is 11.9 Å². The quantitative estimate of drug-likeness (QED) is 0.738. The van der Waals surface area contributed by atoms with Crippen molar-refractivity contribution in [3.05, 3.63) is 52.8 Å². The number of nitrogens with zero attached hydrogens (tertiary/aromatic N) is 4. The maximum Gasteiger partial charge on any atom is 0.252 e. The minimum absolute atomic E-state index is 0.110. The largest absolute Gasteiger partial charge is 0.378 e. The van der Waals surface area contributed by atoms with Gasteiger partial charge in [-0.15, -0.1) is 0 Å². The molecular weight excluding hydrogens is 366 g/mol. The molecule has 0 unspecified atom stereocenters. The monoisotopic (exact) mass is 393 g/mol. The lowest BCUT2D eigenvalue weighted by Crippen LogP contribution is -2.36. The van der Waals surface area contributed by atoms with E-state index < -0.39 is 0 Å². The maximum atomic E-state index is 13.1. The molecule has 7 nitrogen and oxygen atoms in total. The van der Waals surface area contributed by atoms with Gasteiger partial charge >= 0.3 is 0 Å². The zero-order valence-electron chi connectivity index (χ0n) is 17.4. The van der Waals surface area contributed by atoms with Crippen LogP contribution in [-0.4, -0.2) is 47.0 Å². The third-order valence-electron chi connectivity index (χ3n) is 5.46. The Morgan fingerprint density at radius 3 is 2.55 bits per heavy atom. The summed E-state index contributed by atoms with van der Waals surface area (Å²) in [5.41, 5.74) is 5.22. The number of rotatable bonds is 4. The zero-order chi connectivity index (χ0) is 20.5. The highest BCUT2D eigenvalue weighted by Gasteiger charge is 2.20. The Morgan fingerprint density at radius 2 is 1.86 bits per heavy atom. The fourth-order valence-corrected chi connectivity index (χ4v) is 3.90. The van der Waals surface area contributed by atoms with E-state index in [9.17, 15) is 4.79 Å². The van der Waals surface area contributed by atoms with E-state index in [1.54, 1.807) is 4.68 Å². The minimum atomic E-state index is -0.110. The van der Waals surface area contributed by atoms with Crippen LogP contribution in [-0.2, 0) is 11.8 Å². The van der Waals surface area contributed by atoms with Gasteiger partial charge in [0, 0.05) is 31.5 Å². The fraction of sp³-hybridized carbons (Fsp3) is 0.409. The molecule has 0 spiro atoms. The van der Waals surface area contributed by atoms with Crippen LogP contribution in [0, 0.1) is 13.8 Å². The molecule has 3 heterocycles. The standard InChI is InChI=1S/C22H27N5O2/c1-14-13-19(20-16(3)25-26(4)21(20)23-14)22(28)24-15(2)17-5-7-18(8-6-17)27-9-11-29-12-10-27/h5-8,13,15H,9-12H2,1-4H3,(H,24,28)/t15-/m0/s1. The molecule has 7 heteroatoms. The van der Waals surface area contributed by atoms with Crippen molar-refractivity contribution >= 4 is 22.6 Å². The lowest BCUT2D eigenvalue weighted by Gasteiger charge is -2.29. The molecule has 1 aliphatic heterocycles. The number of benzene rings is 1. The van der Waals surface area contributed by atoms with Crippen LogP contribution in [0.1, 0.15) is 40.3 Å². The van der Waals surface area contributed by atoms with Crippen LogP contribution in [0.2, 0.25) is 0 Å². The molecule has 3 aromatic rings. The van der Waals surface area contributed by atoms with Gasteiger partial charge in [-0.3, -0.25) is 9.48 Å². The first-order valence-corrected chi connectivity index (χ1v) is 9.98. The molecule has 1 atom stereocenters. The highest BCUT2D eigenvalue weighted by molar-refractivity contribution is 6.06. The molecule has 0 aliphatic carbocycles. The number of aryl methyl sites for hydroxylation is 3. The summed E-state index contributed by atoms with van der Waals surface area (Å²) >= 11 is 0. The fourth-order valence-electron chi connectivity index (χ4n) is 3.90. The van der Waals surface area contributed by atoms with Gasteiger partial charge in [-0.05, 0) is 44.5 Å². The van der Waals surface area contributed by atoms with Crippen LogP contribution < -0.4 is 10.2 Å². The smallest absolute Gasteiger partial charge is 0.252 e. The van der Waals surface area contributed by atoms with Gasteiger partial charge in [0.1, 0.15) is 0 Å². The lowest BCUT2D eigenvalue weighted by molar-refractivity contribution is 0.0941. The van der Waals surface area contributed by atoms with Gasteiger partial charge in [0.2, 0.25) is 0 Å². The molecule has 1 amide bonds. The second-order valence-corrected chi connectivity index (χ2v) is 7.60. The van der Waals surface area contributed by atoms with Crippen molar-refractivity contribution in [2.75, 3.05) is 31.2 Å². The van der Waals surface area contributed by atoms with E-state index in [1.165, 1.54) is 5.69 Å². The SMILES string of the molecule is Cc1cc(C(=O)N[C@@H](C)c2ccc(N3CCOCC3)cc2)c2c(C)nn(C)c2n1. The molecule has 0 radical (unpaired) electrons. The van der Waals surface area contributed by atoms with Crippen molar-refractivity contribution in [2.24, 2.45) is 7.05 Å². The van der Waals surface area contributed by atoms with E-state index in [2.05, 4.69) is 44.6 Å². The zero-order valence-corrected chi connectivity index (χ0v) is 17.4. The summed E-state index contributed by atoms with van der Waals surface area (Å²) in [6, 6.07) is 10.1. The van der Waals surface area contributed by atoms with Crippen molar-refractivity contribution in [3.8, 4) is 0 Å². The van der Waals surface area contributed by atoms with Gasteiger partial charge in [-0.2, -0.15) is 5.10 Å². The predicted molar refractivity (Wildman–Crippen MR) is 113 cm³/mol. The third kappa shape index (κ3) is 3.82. The summed E-state index contributed by atoms with van der Waals surface area (Å²) in [7, 11) is 1.85. The summed E-state index contributed by atoms with van der Waals surface area (Å²) in [6.45, 7) is 9.16. The first-order valence-electron chi connectivity index (χ1n) is 9.98. The number of carbonyl (C=O) groups is 1. The number of amides is 1. The average molecular weight is 393 g/mol. The summed E-state index contributed by atoms with van der Waals surface area (Å²) in [6.07, 6.45) is 0. The Bertz CT molecular complexity index is 1040. The van der Waals surface area contributed by atoms with Crippen LogP contribution in [0.25, 0.3) is 11.0 Å². The van der Waals surface area contributed by atoms with Crippen molar-refractivity contribution in [1.82, 2.24) is 20.1 Å². The second-order valence-electron chi connectivity index (χ2n) is 7.60. The summed E-state index contributed by atoms with van der Waals surface area (Å²) in [5, 5.41) is 8.37. The van der Waals surface area contributed by atoms with E-state index >= 15 is 0 Å². The molecule has 1 aliphatic rings. The van der Waals surface area contributed by atoms with Crippen LogP contribution in [0.3, 0.4) is 0 Å². The molecule has 152 valence electrons. The van der Waals surface area contributed by atoms with Gasteiger partial charge in [-0.25, -0.2) is 4.98 Å². The van der Waals surface area contributed by atoms with Crippen molar-refractivity contribution in [2.45, 2.75) is 26.8 Å². The predicted octanol–water partition coefficient (Wildman–Crippen LogP) is 2.91. The molecule has 1 fully saturated rings. The minimum Gasteiger partial charge on any atom is -0.378 e. The summed E-state index contributed by atoms with van der Waals surface area (Å²) in [5.74, 6) is -0.110. The van der Waals surface area contributed by atoms with Gasteiger partial charge < -0.3 is 15.0 Å². The highest BCUT2D eigenvalue weighted by Crippen LogP contribution is 2.24. The van der Waals surface area contributed by atoms with Gasteiger partial charge in [0.15, 0.2) is 5.65 Å². The van der Waals surface area contributed by atoms with Crippen LogP contribution >= 0.6 is 0 Å². The van der Waals surface area contributed by atoms with Crippen LogP contribution in [0.4, 0.5) is 5.69 Å². The number of anilines is 1. The summed E-state index contributed by atoms with van der Waals surface area (Å²) in [4.78, 5) is 19.9. The molecule has 29 heavy (non-hydrogen) atoms.